The summed E-state index contributed by atoms with van der Waals surface area (Å²) in [5.41, 5.74) is 0. The number of esters is 1. The maximum atomic E-state index is 11.3. The molecule has 15 heavy (non-hydrogen) atoms. The summed E-state index contributed by atoms with van der Waals surface area (Å²) in [6.07, 6.45) is 2.51. The summed E-state index contributed by atoms with van der Waals surface area (Å²) in [7, 11) is 0.759. The van der Waals surface area contributed by atoms with Gasteiger partial charge in [0.15, 0.2) is 0 Å². The maximum absolute atomic E-state index is 11.3. The first kappa shape index (κ1) is 12.6. The van der Waals surface area contributed by atoms with Gasteiger partial charge in [0.1, 0.15) is 6.04 Å². The van der Waals surface area contributed by atoms with E-state index in [4.69, 9.17) is 4.74 Å². The van der Waals surface area contributed by atoms with Gasteiger partial charge in [0.2, 0.25) is 0 Å². The van der Waals surface area contributed by atoms with E-state index in [0.29, 0.717) is 6.04 Å². The first-order valence-corrected chi connectivity index (χ1v) is 6.85. The molecule has 0 aromatic heterocycles. The van der Waals surface area contributed by atoms with Crippen LogP contribution in [0.25, 0.3) is 0 Å². The smallest absolute Gasteiger partial charge is 0.322 e. The zero-order valence-corrected chi connectivity index (χ0v) is 10.1. The second kappa shape index (κ2) is 6.23. The van der Waals surface area contributed by atoms with Crippen LogP contribution in [0.1, 0.15) is 26.2 Å². The van der Waals surface area contributed by atoms with Crippen molar-refractivity contribution in [3.05, 3.63) is 0 Å². The fourth-order valence-electron chi connectivity index (χ4n) is 1.74. The van der Waals surface area contributed by atoms with E-state index in [1.165, 1.54) is 7.11 Å². The van der Waals surface area contributed by atoms with Crippen LogP contribution in [0.15, 0.2) is 0 Å². The van der Waals surface area contributed by atoms with Crippen molar-refractivity contribution in [1.82, 2.24) is 5.32 Å². The van der Waals surface area contributed by atoms with Gasteiger partial charge in [-0.1, -0.05) is 6.92 Å². The Bertz CT molecular complexity index is 235. The lowest BCUT2D eigenvalue weighted by Crippen LogP contribution is -2.46. The van der Waals surface area contributed by atoms with E-state index in [0.717, 1.165) is 30.8 Å². The van der Waals surface area contributed by atoms with Crippen LogP contribution < -0.4 is 5.32 Å². The van der Waals surface area contributed by atoms with E-state index in [2.05, 4.69) is 5.32 Å². The Labute approximate surface area is 93.2 Å². The largest absolute Gasteiger partial charge is 0.468 e. The van der Waals surface area contributed by atoms with Gasteiger partial charge in [-0.05, 0) is 19.3 Å². The van der Waals surface area contributed by atoms with E-state index in [1.807, 2.05) is 6.92 Å². The second-order valence-electron chi connectivity index (χ2n) is 3.77. The fraction of sp³-hybridized carbons (Fsp3) is 0.900. The number of carbonyl (C=O) groups excluding carboxylic acids is 1. The average molecular weight is 233 g/mol. The molecule has 88 valence electrons. The SMILES string of the molecule is CCC(NC1CCS(=O)CC1)C(=O)OC. The van der Waals surface area contributed by atoms with Crippen molar-refractivity contribution in [2.75, 3.05) is 18.6 Å². The summed E-state index contributed by atoms with van der Waals surface area (Å²) in [5, 5.41) is 3.27. The lowest BCUT2D eigenvalue weighted by atomic mass is 10.1. The lowest BCUT2D eigenvalue weighted by molar-refractivity contribution is -0.143. The number of hydrogen-bond acceptors (Lipinski definition) is 4. The van der Waals surface area contributed by atoms with Crippen molar-refractivity contribution in [2.24, 2.45) is 0 Å². The van der Waals surface area contributed by atoms with Gasteiger partial charge in [-0.3, -0.25) is 9.00 Å². The van der Waals surface area contributed by atoms with Crippen molar-refractivity contribution in [3.8, 4) is 0 Å². The van der Waals surface area contributed by atoms with Crippen molar-refractivity contribution in [2.45, 2.75) is 38.3 Å². The van der Waals surface area contributed by atoms with Crippen LogP contribution in [0.5, 0.6) is 0 Å². The molecule has 1 rings (SSSR count). The molecule has 1 heterocycles. The molecule has 0 aromatic rings. The average Bonchev–Trinajstić information content (AvgIpc) is 2.27. The minimum atomic E-state index is -0.646. The van der Waals surface area contributed by atoms with Crippen molar-refractivity contribution < 1.29 is 13.7 Å². The Balaban J connectivity index is 2.38. The number of hydrogen-bond donors (Lipinski definition) is 1. The number of ether oxygens (including phenoxy) is 1. The summed E-state index contributed by atoms with van der Waals surface area (Å²) >= 11 is 0. The monoisotopic (exact) mass is 233 g/mol. The molecule has 0 bridgehead atoms. The quantitative estimate of drug-likeness (QED) is 0.716. The molecule has 5 heteroatoms. The molecule has 0 aliphatic carbocycles. The third kappa shape index (κ3) is 3.91. The Hall–Kier alpha value is -0.420. The van der Waals surface area contributed by atoms with Gasteiger partial charge in [0, 0.05) is 28.3 Å². The standard InChI is InChI=1S/C10H19NO3S/c1-3-9(10(12)14-2)11-8-4-6-15(13)7-5-8/h8-9,11H,3-7H2,1-2H3. The lowest BCUT2D eigenvalue weighted by Gasteiger charge is -2.26. The maximum Gasteiger partial charge on any atom is 0.322 e. The highest BCUT2D eigenvalue weighted by Crippen LogP contribution is 2.11. The summed E-state index contributed by atoms with van der Waals surface area (Å²) in [6, 6.07) is 0.0956. The molecular formula is C10H19NO3S. The third-order valence-electron chi connectivity index (χ3n) is 2.72. The van der Waals surface area contributed by atoms with Gasteiger partial charge >= 0.3 is 5.97 Å². The second-order valence-corrected chi connectivity index (χ2v) is 5.47. The fourth-order valence-corrected chi connectivity index (χ4v) is 3.04. The van der Waals surface area contributed by atoms with Gasteiger partial charge in [-0.25, -0.2) is 0 Å². The summed E-state index contributed by atoms with van der Waals surface area (Å²) in [4.78, 5) is 11.3. The molecule has 1 fully saturated rings. The molecule has 1 aliphatic rings. The predicted molar refractivity (Wildman–Crippen MR) is 60.1 cm³/mol. The molecule has 1 unspecified atom stereocenters. The molecule has 1 aliphatic heterocycles. The zero-order valence-electron chi connectivity index (χ0n) is 9.32. The summed E-state index contributed by atoms with van der Waals surface area (Å²) < 4.78 is 15.9. The van der Waals surface area contributed by atoms with Gasteiger partial charge in [-0.2, -0.15) is 0 Å². The zero-order chi connectivity index (χ0) is 11.3. The van der Waals surface area contributed by atoms with Gasteiger partial charge in [0.25, 0.3) is 0 Å². The highest BCUT2D eigenvalue weighted by atomic mass is 32.2. The van der Waals surface area contributed by atoms with Crippen LogP contribution in [0.3, 0.4) is 0 Å². The molecule has 0 amide bonds. The van der Waals surface area contributed by atoms with E-state index < -0.39 is 10.8 Å². The van der Waals surface area contributed by atoms with E-state index in [1.54, 1.807) is 0 Å². The van der Waals surface area contributed by atoms with E-state index >= 15 is 0 Å². The molecule has 1 atom stereocenters. The molecule has 0 radical (unpaired) electrons. The van der Waals surface area contributed by atoms with Crippen molar-refractivity contribution >= 4 is 16.8 Å². The van der Waals surface area contributed by atoms with Gasteiger partial charge < -0.3 is 10.1 Å². The number of nitrogens with one attached hydrogen (secondary N) is 1. The molecule has 4 nitrogen and oxygen atoms in total. The summed E-state index contributed by atoms with van der Waals surface area (Å²) in [6.45, 7) is 1.95. The molecule has 1 saturated heterocycles. The number of rotatable bonds is 4. The van der Waals surface area contributed by atoms with Crippen LogP contribution in [0.2, 0.25) is 0 Å². The molecule has 0 spiro atoms. The Morgan fingerprint density at radius 3 is 2.60 bits per heavy atom. The minimum absolute atomic E-state index is 0.204. The molecule has 0 saturated carbocycles. The van der Waals surface area contributed by atoms with Gasteiger partial charge in [0.05, 0.1) is 7.11 Å². The van der Waals surface area contributed by atoms with Gasteiger partial charge in [-0.15, -0.1) is 0 Å². The van der Waals surface area contributed by atoms with Crippen LogP contribution in [-0.2, 0) is 20.3 Å². The molecule has 0 aromatic carbocycles. The van der Waals surface area contributed by atoms with Crippen molar-refractivity contribution in [1.29, 1.82) is 0 Å². The van der Waals surface area contributed by atoms with Crippen molar-refractivity contribution in [3.63, 3.8) is 0 Å². The predicted octanol–water partition coefficient (Wildman–Crippen LogP) is 0.439. The first-order valence-electron chi connectivity index (χ1n) is 5.36. The first-order chi connectivity index (χ1) is 7.17. The highest BCUT2D eigenvalue weighted by molar-refractivity contribution is 7.85. The normalized spacial score (nSPS) is 28.4. The van der Waals surface area contributed by atoms with E-state index in [-0.39, 0.29) is 12.0 Å². The van der Waals surface area contributed by atoms with Crippen LogP contribution >= 0.6 is 0 Å². The number of carbonyl (C=O) groups is 1. The van der Waals surface area contributed by atoms with Crippen LogP contribution in [0, 0.1) is 0 Å². The third-order valence-corrected chi connectivity index (χ3v) is 4.10. The highest BCUT2D eigenvalue weighted by Gasteiger charge is 2.24. The molecular weight excluding hydrogens is 214 g/mol. The Morgan fingerprint density at radius 1 is 1.53 bits per heavy atom. The number of methoxy groups -OCH3 is 1. The minimum Gasteiger partial charge on any atom is -0.468 e. The van der Waals surface area contributed by atoms with Crippen LogP contribution in [-0.4, -0.2) is 40.9 Å². The summed E-state index contributed by atoms with van der Waals surface area (Å²) in [5.74, 6) is 1.29. The Morgan fingerprint density at radius 2 is 2.13 bits per heavy atom. The van der Waals surface area contributed by atoms with Crippen LogP contribution in [0.4, 0.5) is 0 Å². The Kier molecular flexibility index (Phi) is 5.25. The topological polar surface area (TPSA) is 55.4 Å². The van der Waals surface area contributed by atoms with E-state index in [9.17, 15) is 9.00 Å². The molecule has 1 N–H and O–H groups in total.